The Balaban J connectivity index is 2.21. The lowest BCUT2D eigenvalue weighted by Gasteiger charge is -2.35. The lowest BCUT2D eigenvalue weighted by Crippen LogP contribution is -2.24. The monoisotopic (exact) mass is 338 g/mol. The highest BCUT2D eigenvalue weighted by Crippen LogP contribution is 2.43. The number of aryl methyl sites for hydroxylation is 2. The smallest absolute Gasteiger partial charge is 0.277 e. The molecule has 0 aliphatic heterocycles. The molecule has 132 valence electrons. The van der Waals surface area contributed by atoms with Crippen molar-refractivity contribution in [2.75, 3.05) is 0 Å². The minimum Gasteiger partial charge on any atom is -0.299 e. The van der Waals surface area contributed by atoms with Crippen LogP contribution in [0.2, 0.25) is 0 Å². The first-order valence-electron chi connectivity index (χ1n) is 8.67. The SMILES string of the molecule is CC1=C(C)C(C)(C)Cc2ccc(C(=O)c3c(C)[nH]n(C)c3=O)c(C)c21. The van der Waals surface area contributed by atoms with Gasteiger partial charge in [-0.25, -0.2) is 0 Å². The molecule has 0 atom stereocenters. The standard InChI is InChI=1S/C21H26N2O2/c1-11-13(3)21(5,6)10-15-8-9-16(12(2)17(11)15)19(24)18-14(4)22-23(7)20(18)25/h8-9,22H,10H2,1-7H3. The molecule has 0 saturated heterocycles. The number of rotatable bonds is 2. The summed E-state index contributed by atoms with van der Waals surface area (Å²) in [7, 11) is 1.63. The zero-order valence-corrected chi connectivity index (χ0v) is 16.1. The van der Waals surface area contributed by atoms with Gasteiger partial charge in [-0.15, -0.1) is 0 Å². The zero-order valence-electron chi connectivity index (χ0n) is 16.1. The predicted molar refractivity (Wildman–Crippen MR) is 101 cm³/mol. The van der Waals surface area contributed by atoms with Crippen LogP contribution in [0, 0.1) is 19.3 Å². The third-order valence-corrected chi connectivity index (χ3v) is 5.84. The van der Waals surface area contributed by atoms with Crippen LogP contribution in [0.1, 0.15) is 66.0 Å². The van der Waals surface area contributed by atoms with Crippen LogP contribution < -0.4 is 5.56 Å². The van der Waals surface area contributed by atoms with Crippen molar-refractivity contribution < 1.29 is 4.79 Å². The highest BCUT2D eigenvalue weighted by atomic mass is 16.2. The van der Waals surface area contributed by atoms with Crippen LogP contribution in [0.5, 0.6) is 0 Å². The number of ketones is 1. The van der Waals surface area contributed by atoms with Gasteiger partial charge >= 0.3 is 0 Å². The van der Waals surface area contributed by atoms with Gasteiger partial charge in [-0.2, -0.15) is 0 Å². The van der Waals surface area contributed by atoms with Crippen molar-refractivity contribution >= 4 is 11.4 Å². The van der Waals surface area contributed by atoms with Crippen LogP contribution in [-0.4, -0.2) is 15.6 Å². The maximum Gasteiger partial charge on any atom is 0.277 e. The average Bonchev–Trinajstić information content (AvgIpc) is 2.77. The number of carbonyl (C=O) groups is 1. The maximum absolute atomic E-state index is 13.1. The number of carbonyl (C=O) groups excluding carboxylic acids is 1. The molecule has 0 bridgehead atoms. The fraction of sp³-hybridized carbons (Fsp3) is 0.429. The van der Waals surface area contributed by atoms with Gasteiger partial charge in [-0.05, 0) is 61.8 Å². The van der Waals surface area contributed by atoms with Gasteiger partial charge in [0.25, 0.3) is 5.56 Å². The largest absolute Gasteiger partial charge is 0.299 e. The summed E-state index contributed by atoms with van der Waals surface area (Å²) in [6, 6.07) is 3.94. The quantitative estimate of drug-likeness (QED) is 0.843. The van der Waals surface area contributed by atoms with Gasteiger partial charge in [-0.1, -0.05) is 31.6 Å². The molecule has 1 aliphatic rings. The molecule has 0 amide bonds. The van der Waals surface area contributed by atoms with Crippen LogP contribution in [-0.2, 0) is 13.5 Å². The fourth-order valence-electron chi connectivity index (χ4n) is 4.08. The number of benzene rings is 1. The molecule has 0 spiro atoms. The molecule has 1 aromatic carbocycles. The maximum atomic E-state index is 13.1. The van der Waals surface area contributed by atoms with Gasteiger partial charge < -0.3 is 0 Å². The van der Waals surface area contributed by atoms with Crippen molar-refractivity contribution in [3.63, 3.8) is 0 Å². The van der Waals surface area contributed by atoms with E-state index in [0.29, 0.717) is 11.3 Å². The number of aromatic nitrogens is 2. The molecule has 1 aliphatic carbocycles. The van der Waals surface area contributed by atoms with Crippen LogP contribution in [0.15, 0.2) is 22.5 Å². The summed E-state index contributed by atoms with van der Waals surface area (Å²) in [6.45, 7) is 12.6. The Morgan fingerprint density at radius 1 is 1.16 bits per heavy atom. The van der Waals surface area contributed by atoms with Gasteiger partial charge in [0.2, 0.25) is 5.78 Å². The van der Waals surface area contributed by atoms with E-state index >= 15 is 0 Å². The van der Waals surface area contributed by atoms with Crippen LogP contribution in [0.4, 0.5) is 0 Å². The van der Waals surface area contributed by atoms with E-state index in [-0.39, 0.29) is 22.3 Å². The number of fused-ring (bicyclic) bond motifs is 1. The summed E-state index contributed by atoms with van der Waals surface area (Å²) in [4.78, 5) is 25.4. The number of H-pyrrole nitrogens is 1. The lowest BCUT2D eigenvalue weighted by molar-refractivity contribution is 0.103. The number of nitrogens with zero attached hydrogens (tertiary/aromatic N) is 1. The number of nitrogens with one attached hydrogen (secondary N) is 1. The van der Waals surface area contributed by atoms with Gasteiger partial charge in [0.15, 0.2) is 0 Å². The van der Waals surface area contributed by atoms with E-state index < -0.39 is 0 Å². The summed E-state index contributed by atoms with van der Waals surface area (Å²) >= 11 is 0. The second-order valence-corrected chi connectivity index (χ2v) is 7.89. The number of allylic oxidation sites excluding steroid dienone is 2. The molecule has 4 nitrogen and oxygen atoms in total. The highest BCUT2D eigenvalue weighted by molar-refractivity contribution is 6.11. The molecular formula is C21H26N2O2. The van der Waals surface area contributed by atoms with Crippen molar-refractivity contribution in [2.45, 2.75) is 48.0 Å². The molecule has 0 unspecified atom stereocenters. The van der Waals surface area contributed by atoms with E-state index in [1.807, 2.05) is 13.0 Å². The average molecular weight is 338 g/mol. The van der Waals surface area contributed by atoms with E-state index in [0.717, 1.165) is 12.0 Å². The lowest BCUT2D eigenvalue weighted by atomic mass is 9.69. The van der Waals surface area contributed by atoms with Gasteiger partial charge in [-0.3, -0.25) is 19.4 Å². The number of hydrogen-bond acceptors (Lipinski definition) is 2. The Morgan fingerprint density at radius 2 is 1.80 bits per heavy atom. The van der Waals surface area contributed by atoms with Crippen LogP contribution >= 0.6 is 0 Å². The topological polar surface area (TPSA) is 54.9 Å². The molecule has 0 fully saturated rings. The molecule has 0 saturated carbocycles. The van der Waals surface area contributed by atoms with Crippen LogP contribution in [0.3, 0.4) is 0 Å². The van der Waals surface area contributed by atoms with Gasteiger partial charge in [0.05, 0.1) is 0 Å². The molecule has 2 aromatic rings. The van der Waals surface area contributed by atoms with E-state index in [1.54, 1.807) is 14.0 Å². The van der Waals surface area contributed by atoms with Crippen LogP contribution in [0.25, 0.3) is 5.57 Å². The molecule has 1 aromatic heterocycles. The Labute approximate surface area is 148 Å². The molecule has 1 N–H and O–H groups in total. The van der Waals surface area contributed by atoms with Gasteiger partial charge in [0, 0.05) is 18.3 Å². The first-order valence-corrected chi connectivity index (χ1v) is 8.67. The molecule has 25 heavy (non-hydrogen) atoms. The number of aromatic amines is 1. The molecular weight excluding hydrogens is 312 g/mol. The zero-order chi connectivity index (χ0) is 18.7. The van der Waals surface area contributed by atoms with Crippen molar-refractivity contribution in [1.29, 1.82) is 0 Å². The highest BCUT2D eigenvalue weighted by Gasteiger charge is 2.31. The van der Waals surface area contributed by atoms with Crippen molar-refractivity contribution in [2.24, 2.45) is 12.5 Å². The Kier molecular flexibility index (Phi) is 3.90. The summed E-state index contributed by atoms with van der Waals surface area (Å²) < 4.78 is 1.36. The van der Waals surface area contributed by atoms with E-state index in [4.69, 9.17) is 0 Å². The third-order valence-electron chi connectivity index (χ3n) is 5.84. The normalized spacial score (nSPS) is 16.1. The molecule has 4 heteroatoms. The summed E-state index contributed by atoms with van der Waals surface area (Å²) in [5.74, 6) is -0.199. The predicted octanol–water partition coefficient (Wildman–Crippen LogP) is 3.94. The van der Waals surface area contributed by atoms with Crippen molar-refractivity contribution in [3.8, 4) is 0 Å². The number of hydrogen-bond donors (Lipinski definition) is 1. The van der Waals surface area contributed by atoms with E-state index in [2.05, 4.69) is 38.9 Å². The minimum atomic E-state index is -0.274. The Hall–Kier alpha value is -2.36. The first kappa shape index (κ1) is 17.5. The molecule has 0 radical (unpaired) electrons. The summed E-state index contributed by atoms with van der Waals surface area (Å²) in [5, 5.41) is 2.91. The molecule has 1 heterocycles. The third kappa shape index (κ3) is 2.51. The Bertz CT molecular complexity index is 984. The van der Waals surface area contributed by atoms with E-state index in [9.17, 15) is 9.59 Å². The second kappa shape index (κ2) is 5.58. The fourth-order valence-corrected chi connectivity index (χ4v) is 4.08. The van der Waals surface area contributed by atoms with E-state index in [1.165, 1.54) is 27.0 Å². The molecule has 3 rings (SSSR count). The Morgan fingerprint density at radius 3 is 2.36 bits per heavy atom. The summed E-state index contributed by atoms with van der Waals surface area (Å²) in [6.07, 6.45) is 0.964. The second-order valence-electron chi connectivity index (χ2n) is 7.89. The van der Waals surface area contributed by atoms with Crippen molar-refractivity contribution in [1.82, 2.24) is 9.78 Å². The summed E-state index contributed by atoms with van der Waals surface area (Å²) in [5.41, 5.74) is 7.35. The van der Waals surface area contributed by atoms with Gasteiger partial charge in [0.1, 0.15) is 5.56 Å². The van der Waals surface area contributed by atoms with Crippen molar-refractivity contribution in [3.05, 3.63) is 61.6 Å². The minimum absolute atomic E-state index is 0.127. The first-order chi connectivity index (χ1) is 11.6.